The van der Waals surface area contributed by atoms with Crippen LogP contribution in [0.25, 0.3) is 4.96 Å². The molecule has 0 N–H and O–H groups in total. The molecule has 1 aliphatic rings. The Bertz CT molecular complexity index is 427. The second-order valence-electron chi connectivity index (χ2n) is 3.71. The van der Waals surface area contributed by atoms with Crippen molar-refractivity contribution >= 4 is 16.3 Å². The zero-order valence-corrected chi connectivity index (χ0v) is 11.2. The number of thiazole rings is 1. The average molecular weight is 304 g/mol. The molecular formula is C10H14BrN3OS. The van der Waals surface area contributed by atoms with E-state index in [0.29, 0.717) is 0 Å². The van der Waals surface area contributed by atoms with Crippen molar-refractivity contribution in [3.05, 3.63) is 23.5 Å². The van der Waals surface area contributed by atoms with E-state index in [1.165, 1.54) is 0 Å². The van der Waals surface area contributed by atoms with Gasteiger partial charge in [-0.15, -0.1) is 11.3 Å². The number of imidazole rings is 1. The highest BCUT2D eigenvalue weighted by molar-refractivity contribution is 7.15. The Morgan fingerprint density at radius 1 is 1.44 bits per heavy atom. The Morgan fingerprint density at radius 2 is 2.25 bits per heavy atom. The summed E-state index contributed by atoms with van der Waals surface area (Å²) in [4.78, 5) is 8.03. The summed E-state index contributed by atoms with van der Waals surface area (Å²) < 4.78 is 7.40. The molecule has 1 fully saturated rings. The molecule has 0 atom stereocenters. The van der Waals surface area contributed by atoms with Gasteiger partial charge in [0.15, 0.2) is 4.96 Å². The zero-order valence-electron chi connectivity index (χ0n) is 9.80. The van der Waals surface area contributed by atoms with Crippen molar-refractivity contribution in [2.45, 2.75) is 6.54 Å². The van der Waals surface area contributed by atoms with E-state index in [1.807, 2.05) is 0 Å². The molecular weight excluding hydrogens is 290 g/mol. The summed E-state index contributed by atoms with van der Waals surface area (Å²) in [5.74, 6) is 0. The van der Waals surface area contributed by atoms with Crippen LogP contribution in [0, 0.1) is 0 Å². The number of rotatable bonds is 2. The third-order valence-electron chi connectivity index (χ3n) is 2.63. The summed E-state index contributed by atoms with van der Waals surface area (Å²) >= 11 is 1.68. The van der Waals surface area contributed by atoms with Crippen LogP contribution < -0.4 is 17.0 Å². The number of ether oxygens (including phenoxy) is 1. The molecule has 0 radical (unpaired) electrons. The second-order valence-corrected chi connectivity index (χ2v) is 4.59. The van der Waals surface area contributed by atoms with Crippen LogP contribution in [0.3, 0.4) is 0 Å². The quantitative estimate of drug-likeness (QED) is 0.666. The number of halogens is 1. The van der Waals surface area contributed by atoms with E-state index >= 15 is 0 Å². The lowest BCUT2D eigenvalue weighted by Crippen LogP contribution is -3.00. The van der Waals surface area contributed by atoms with Crippen LogP contribution in [0.15, 0.2) is 17.8 Å². The molecule has 16 heavy (non-hydrogen) atoms. The van der Waals surface area contributed by atoms with Crippen LogP contribution in [0.4, 0.5) is 0 Å². The van der Waals surface area contributed by atoms with Crippen molar-refractivity contribution in [1.82, 2.24) is 14.3 Å². The van der Waals surface area contributed by atoms with Crippen LogP contribution in [-0.2, 0) is 11.3 Å². The maximum atomic E-state index is 5.32. The number of nitrogens with zero attached hydrogens (tertiary/aromatic N) is 3. The third kappa shape index (κ3) is 2.45. The zero-order chi connectivity index (χ0) is 10.1. The molecule has 0 bridgehead atoms. The Kier molecular flexibility index (Phi) is 3.96. The Labute approximate surface area is 110 Å². The van der Waals surface area contributed by atoms with Crippen LogP contribution in [-0.4, -0.2) is 40.6 Å². The smallest absolute Gasteiger partial charge is 1.00 e. The minimum atomic E-state index is 0. The number of hydrogen-bond donors (Lipinski definition) is 0. The number of fused-ring (bicyclic) bond motifs is 1. The van der Waals surface area contributed by atoms with Gasteiger partial charge in [0.05, 0.1) is 18.9 Å². The fourth-order valence-electron chi connectivity index (χ4n) is 1.84. The van der Waals surface area contributed by atoms with Gasteiger partial charge in [-0.25, -0.2) is 4.98 Å². The Balaban J connectivity index is 0.000000722. The maximum Gasteiger partial charge on any atom is 1.00 e. The second kappa shape index (κ2) is 5.27. The van der Waals surface area contributed by atoms with Gasteiger partial charge in [-0.1, -0.05) is 0 Å². The predicted molar refractivity (Wildman–Crippen MR) is 60.3 cm³/mol. The molecule has 0 saturated carbocycles. The Hall–Kier alpha value is -0.430. The van der Waals surface area contributed by atoms with Crippen LogP contribution >= 0.6 is 11.3 Å². The average Bonchev–Trinajstić information content (AvgIpc) is 2.79. The Morgan fingerprint density at radius 3 is 3.00 bits per heavy atom. The van der Waals surface area contributed by atoms with Crippen molar-refractivity contribution in [2.75, 3.05) is 26.3 Å². The fraction of sp³-hybridized carbons (Fsp3) is 0.500. The van der Waals surface area contributed by atoms with Gasteiger partial charge in [-0.05, 0) is 0 Å². The van der Waals surface area contributed by atoms with Gasteiger partial charge in [-0.2, -0.15) is 0 Å². The molecule has 4 nitrogen and oxygen atoms in total. The predicted octanol–water partition coefficient (Wildman–Crippen LogP) is -1.66. The summed E-state index contributed by atoms with van der Waals surface area (Å²) in [5.41, 5.74) is 1.16. The topological polar surface area (TPSA) is 29.8 Å². The molecule has 0 amide bonds. The first-order valence-corrected chi connectivity index (χ1v) is 6.01. The lowest BCUT2D eigenvalue weighted by molar-refractivity contribution is -0.00000530. The van der Waals surface area contributed by atoms with Gasteiger partial charge >= 0.3 is 1.43 Å². The SMILES string of the molecule is [Br-].[H+].c1cn2cc(CN3CCOCC3)nc2s1. The first-order valence-electron chi connectivity index (χ1n) is 5.13. The minimum Gasteiger partial charge on any atom is -1.00 e. The summed E-state index contributed by atoms with van der Waals surface area (Å²) in [7, 11) is 0. The highest BCUT2D eigenvalue weighted by atomic mass is 79.9. The van der Waals surface area contributed by atoms with Crippen molar-refractivity contribution in [3.8, 4) is 0 Å². The van der Waals surface area contributed by atoms with E-state index in [0.717, 1.165) is 43.5 Å². The van der Waals surface area contributed by atoms with E-state index in [-0.39, 0.29) is 18.4 Å². The van der Waals surface area contributed by atoms with Crippen molar-refractivity contribution in [3.63, 3.8) is 0 Å². The largest absolute Gasteiger partial charge is 1.00 e. The van der Waals surface area contributed by atoms with Gasteiger partial charge in [0.2, 0.25) is 0 Å². The standard InChI is InChI=1S/C10H13N3OS.BrH/c1-4-14-5-2-12(1)7-9-8-13-3-6-15-10(13)11-9;/h3,6,8H,1-2,4-5,7H2;1H. The molecule has 2 aromatic heterocycles. The molecule has 2 aromatic rings. The molecule has 1 aliphatic heterocycles. The van der Waals surface area contributed by atoms with E-state index in [1.54, 1.807) is 11.3 Å². The molecule has 0 spiro atoms. The highest BCUT2D eigenvalue weighted by Gasteiger charge is 2.12. The van der Waals surface area contributed by atoms with Crippen LogP contribution in [0.1, 0.15) is 7.12 Å². The summed E-state index contributed by atoms with van der Waals surface area (Å²) in [6.45, 7) is 4.68. The number of hydrogen-bond acceptors (Lipinski definition) is 4. The van der Waals surface area contributed by atoms with Gasteiger partial charge in [0.1, 0.15) is 0 Å². The first kappa shape index (κ1) is 12.0. The van der Waals surface area contributed by atoms with E-state index in [9.17, 15) is 0 Å². The third-order valence-corrected chi connectivity index (χ3v) is 3.40. The minimum absolute atomic E-state index is 0. The lowest BCUT2D eigenvalue weighted by atomic mass is 10.3. The van der Waals surface area contributed by atoms with Crippen LogP contribution in [0.2, 0.25) is 0 Å². The maximum absolute atomic E-state index is 5.32. The molecule has 6 heteroatoms. The molecule has 3 heterocycles. The summed E-state index contributed by atoms with van der Waals surface area (Å²) in [6.07, 6.45) is 4.16. The van der Waals surface area contributed by atoms with Crippen molar-refractivity contribution in [1.29, 1.82) is 0 Å². The molecule has 88 valence electrons. The fourth-order valence-corrected chi connectivity index (χ4v) is 2.56. The first-order chi connectivity index (χ1) is 7.42. The highest BCUT2D eigenvalue weighted by Crippen LogP contribution is 2.13. The monoisotopic (exact) mass is 303 g/mol. The molecule has 0 aromatic carbocycles. The molecule has 3 rings (SSSR count). The summed E-state index contributed by atoms with van der Waals surface area (Å²) in [5, 5.41) is 2.06. The number of morpholine rings is 1. The van der Waals surface area contributed by atoms with Gasteiger partial charge < -0.3 is 21.7 Å². The van der Waals surface area contributed by atoms with E-state index in [2.05, 4.69) is 32.1 Å². The van der Waals surface area contributed by atoms with Crippen molar-refractivity contribution in [2.24, 2.45) is 0 Å². The van der Waals surface area contributed by atoms with Gasteiger partial charge in [-0.3, -0.25) is 9.30 Å². The van der Waals surface area contributed by atoms with Crippen LogP contribution in [0.5, 0.6) is 0 Å². The molecule has 0 aliphatic carbocycles. The van der Waals surface area contributed by atoms with Gasteiger partial charge in [0.25, 0.3) is 0 Å². The van der Waals surface area contributed by atoms with E-state index < -0.39 is 0 Å². The normalized spacial score (nSPS) is 17.5. The van der Waals surface area contributed by atoms with Crippen molar-refractivity contribution < 1.29 is 23.1 Å². The molecule has 0 unspecified atom stereocenters. The van der Waals surface area contributed by atoms with Gasteiger partial charge in [0, 0.05) is 37.4 Å². The molecule has 1 saturated heterocycles. The summed E-state index contributed by atoms with van der Waals surface area (Å²) in [6, 6.07) is 0. The number of aromatic nitrogens is 2. The van der Waals surface area contributed by atoms with E-state index in [4.69, 9.17) is 4.74 Å². The lowest BCUT2D eigenvalue weighted by Gasteiger charge is -2.25.